The number of anilines is 1. The highest BCUT2D eigenvalue weighted by atomic mass is 16.5. The quantitative estimate of drug-likeness (QED) is 0.860. The molecule has 6 heteroatoms. The predicted octanol–water partition coefficient (Wildman–Crippen LogP) is 3.35. The molecule has 2 aliphatic rings. The van der Waals surface area contributed by atoms with Crippen molar-refractivity contribution in [3.05, 3.63) is 47.7 Å². The maximum Gasteiger partial charge on any atom is 0.247 e. The van der Waals surface area contributed by atoms with E-state index in [0.717, 1.165) is 37.9 Å². The molecular weight excluding hydrogens is 330 g/mol. The van der Waals surface area contributed by atoms with E-state index in [2.05, 4.69) is 15.8 Å². The molecule has 4 rings (SSSR count). The number of amides is 1. The number of nitrogens with one attached hydrogen (secondary N) is 2. The van der Waals surface area contributed by atoms with Crippen LogP contribution in [0.4, 0.5) is 5.82 Å². The minimum absolute atomic E-state index is 0.0385. The molecule has 0 radical (unpaired) electrons. The minimum atomic E-state index is -0.437. The first-order chi connectivity index (χ1) is 12.6. The Morgan fingerprint density at radius 2 is 2.12 bits per heavy atom. The Hall–Kier alpha value is -2.18. The van der Waals surface area contributed by atoms with Crippen molar-refractivity contribution < 1.29 is 14.1 Å². The van der Waals surface area contributed by atoms with Crippen molar-refractivity contribution in [2.75, 3.05) is 11.9 Å². The summed E-state index contributed by atoms with van der Waals surface area (Å²) in [6.07, 6.45) is 5.38. The SMILES string of the molecule is Cc1cc(NC(=O)C(NC2CCOC3(CCC3)C2)c2ccccc2)no1. The fraction of sp³-hybridized carbons (Fsp3) is 0.500. The van der Waals surface area contributed by atoms with Crippen LogP contribution < -0.4 is 10.6 Å². The van der Waals surface area contributed by atoms with Crippen molar-refractivity contribution in [2.24, 2.45) is 0 Å². The second kappa shape index (κ2) is 7.21. The van der Waals surface area contributed by atoms with E-state index in [0.29, 0.717) is 11.6 Å². The topological polar surface area (TPSA) is 76.4 Å². The van der Waals surface area contributed by atoms with Crippen LogP contribution in [0.5, 0.6) is 0 Å². The van der Waals surface area contributed by atoms with Gasteiger partial charge >= 0.3 is 0 Å². The summed E-state index contributed by atoms with van der Waals surface area (Å²) in [6, 6.07) is 11.4. The number of aromatic nitrogens is 1. The zero-order valence-electron chi connectivity index (χ0n) is 15.0. The first-order valence-corrected chi connectivity index (χ1v) is 9.33. The molecule has 1 aromatic heterocycles. The molecule has 1 aliphatic heterocycles. The summed E-state index contributed by atoms with van der Waals surface area (Å²) < 4.78 is 11.1. The summed E-state index contributed by atoms with van der Waals surface area (Å²) in [7, 11) is 0. The Morgan fingerprint density at radius 1 is 1.31 bits per heavy atom. The largest absolute Gasteiger partial charge is 0.375 e. The molecule has 2 heterocycles. The average Bonchev–Trinajstić information content (AvgIpc) is 3.04. The van der Waals surface area contributed by atoms with E-state index in [1.807, 2.05) is 30.3 Å². The molecule has 1 spiro atoms. The molecule has 2 unspecified atom stereocenters. The molecular formula is C20H25N3O3. The molecule has 2 fully saturated rings. The maximum absolute atomic E-state index is 13.0. The Balaban J connectivity index is 1.50. The van der Waals surface area contributed by atoms with Gasteiger partial charge < -0.3 is 14.6 Å². The van der Waals surface area contributed by atoms with E-state index in [1.54, 1.807) is 13.0 Å². The molecule has 2 atom stereocenters. The van der Waals surface area contributed by atoms with Crippen LogP contribution >= 0.6 is 0 Å². The number of ether oxygens (including phenoxy) is 1. The van der Waals surface area contributed by atoms with E-state index in [4.69, 9.17) is 9.26 Å². The van der Waals surface area contributed by atoms with Gasteiger partial charge in [-0.25, -0.2) is 0 Å². The van der Waals surface area contributed by atoms with Crippen LogP contribution in [0.2, 0.25) is 0 Å². The summed E-state index contributed by atoms with van der Waals surface area (Å²) in [6.45, 7) is 2.55. The number of aryl methyl sites for hydroxylation is 1. The highest BCUT2D eigenvalue weighted by Gasteiger charge is 2.43. The number of carbonyl (C=O) groups is 1. The number of hydrogen-bond acceptors (Lipinski definition) is 5. The fourth-order valence-electron chi connectivity index (χ4n) is 3.92. The van der Waals surface area contributed by atoms with Crippen LogP contribution in [0.3, 0.4) is 0 Å². The van der Waals surface area contributed by atoms with Crippen molar-refractivity contribution in [1.82, 2.24) is 10.5 Å². The third kappa shape index (κ3) is 3.66. The van der Waals surface area contributed by atoms with Gasteiger partial charge in [-0.15, -0.1) is 0 Å². The van der Waals surface area contributed by atoms with Crippen molar-refractivity contribution >= 4 is 11.7 Å². The lowest BCUT2D eigenvalue weighted by atomic mass is 9.74. The smallest absolute Gasteiger partial charge is 0.247 e. The highest BCUT2D eigenvalue weighted by Crippen LogP contribution is 2.42. The zero-order valence-corrected chi connectivity index (χ0v) is 15.0. The Kier molecular flexibility index (Phi) is 4.78. The molecule has 138 valence electrons. The standard InChI is InChI=1S/C20H25N3O3/c1-14-12-17(23-26-14)22-19(24)18(15-6-3-2-4-7-15)21-16-8-11-25-20(13-16)9-5-10-20/h2-4,6-7,12,16,18,21H,5,8-11,13H2,1H3,(H,22,23,24). The van der Waals surface area contributed by atoms with Crippen LogP contribution in [-0.4, -0.2) is 29.3 Å². The number of carbonyl (C=O) groups excluding carboxylic acids is 1. The molecule has 1 saturated heterocycles. The van der Waals surface area contributed by atoms with Gasteiger partial charge in [0.2, 0.25) is 5.91 Å². The summed E-state index contributed by atoms with van der Waals surface area (Å²) in [5, 5.41) is 10.3. The Labute approximate surface area is 153 Å². The number of nitrogens with zero attached hydrogens (tertiary/aromatic N) is 1. The van der Waals surface area contributed by atoms with Gasteiger partial charge in [0.15, 0.2) is 5.82 Å². The van der Waals surface area contributed by atoms with Gasteiger partial charge in [0.25, 0.3) is 0 Å². The lowest BCUT2D eigenvalue weighted by molar-refractivity contribution is -0.138. The van der Waals surface area contributed by atoms with Crippen LogP contribution in [-0.2, 0) is 9.53 Å². The first-order valence-electron chi connectivity index (χ1n) is 9.33. The second-order valence-corrected chi connectivity index (χ2v) is 7.40. The molecule has 6 nitrogen and oxygen atoms in total. The van der Waals surface area contributed by atoms with E-state index >= 15 is 0 Å². The molecule has 26 heavy (non-hydrogen) atoms. The summed E-state index contributed by atoms with van der Waals surface area (Å²) in [4.78, 5) is 13.0. The van der Waals surface area contributed by atoms with Gasteiger partial charge in [-0.1, -0.05) is 35.5 Å². The molecule has 1 saturated carbocycles. The summed E-state index contributed by atoms with van der Waals surface area (Å²) in [5.41, 5.74) is 0.982. The average molecular weight is 355 g/mol. The first kappa shape index (κ1) is 17.2. The van der Waals surface area contributed by atoms with Crippen LogP contribution in [0.15, 0.2) is 40.9 Å². The zero-order chi connectivity index (χ0) is 18.0. The molecule has 2 N–H and O–H groups in total. The number of hydrogen-bond donors (Lipinski definition) is 2. The molecule has 1 aliphatic carbocycles. The summed E-state index contributed by atoms with van der Waals surface area (Å²) >= 11 is 0. The lowest BCUT2D eigenvalue weighted by Crippen LogP contribution is -2.52. The van der Waals surface area contributed by atoms with Gasteiger partial charge in [0.1, 0.15) is 11.8 Å². The minimum Gasteiger partial charge on any atom is -0.375 e. The second-order valence-electron chi connectivity index (χ2n) is 7.40. The van der Waals surface area contributed by atoms with Gasteiger partial charge in [0.05, 0.1) is 5.60 Å². The van der Waals surface area contributed by atoms with Gasteiger partial charge in [-0.05, 0) is 44.6 Å². The molecule has 2 aromatic rings. The third-order valence-electron chi connectivity index (χ3n) is 5.43. The highest BCUT2D eigenvalue weighted by molar-refractivity contribution is 5.94. The third-order valence-corrected chi connectivity index (χ3v) is 5.43. The van der Waals surface area contributed by atoms with E-state index in [1.165, 1.54) is 6.42 Å². The molecule has 1 amide bonds. The van der Waals surface area contributed by atoms with Gasteiger partial charge in [-0.3, -0.25) is 10.1 Å². The summed E-state index contributed by atoms with van der Waals surface area (Å²) in [5.74, 6) is 0.984. The number of benzene rings is 1. The predicted molar refractivity (Wildman–Crippen MR) is 97.7 cm³/mol. The van der Waals surface area contributed by atoms with Crippen molar-refractivity contribution in [3.8, 4) is 0 Å². The Bertz CT molecular complexity index is 755. The lowest BCUT2D eigenvalue weighted by Gasteiger charge is -2.47. The maximum atomic E-state index is 13.0. The van der Waals surface area contributed by atoms with Crippen molar-refractivity contribution in [2.45, 2.75) is 56.7 Å². The monoisotopic (exact) mass is 355 g/mol. The van der Waals surface area contributed by atoms with E-state index in [-0.39, 0.29) is 17.6 Å². The van der Waals surface area contributed by atoms with Crippen molar-refractivity contribution in [1.29, 1.82) is 0 Å². The van der Waals surface area contributed by atoms with E-state index in [9.17, 15) is 4.79 Å². The van der Waals surface area contributed by atoms with Crippen LogP contribution in [0.1, 0.15) is 49.5 Å². The van der Waals surface area contributed by atoms with Gasteiger partial charge in [0, 0.05) is 18.7 Å². The fourth-order valence-corrected chi connectivity index (χ4v) is 3.92. The molecule has 0 bridgehead atoms. The normalized spacial score (nSPS) is 22.6. The Morgan fingerprint density at radius 3 is 2.77 bits per heavy atom. The molecule has 1 aromatic carbocycles. The van der Waals surface area contributed by atoms with E-state index < -0.39 is 6.04 Å². The van der Waals surface area contributed by atoms with Crippen LogP contribution in [0.25, 0.3) is 0 Å². The van der Waals surface area contributed by atoms with Crippen LogP contribution in [0, 0.1) is 6.92 Å². The number of rotatable bonds is 5. The van der Waals surface area contributed by atoms with Crippen molar-refractivity contribution in [3.63, 3.8) is 0 Å². The van der Waals surface area contributed by atoms with Gasteiger partial charge in [-0.2, -0.15) is 0 Å².